The third kappa shape index (κ3) is 3.46. The molecule has 1 atom stereocenters. The van der Waals surface area contributed by atoms with Crippen molar-refractivity contribution in [2.24, 2.45) is 5.92 Å². The molecule has 2 N–H and O–H groups in total. The molecule has 0 aromatic heterocycles. The van der Waals surface area contributed by atoms with E-state index in [1.807, 2.05) is 0 Å². The first-order valence-electron chi connectivity index (χ1n) is 6.10. The predicted molar refractivity (Wildman–Crippen MR) is 73.7 cm³/mol. The van der Waals surface area contributed by atoms with E-state index < -0.39 is 10.8 Å². The minimum absolute atomic E-state index is 0.586. The van der Waals surface area contributed by atoms with Crippen molar-refractivity contribution >= 4 is 28.1 Å². The monoisotopic (exact) mass is 271 g/mol. The Kier molecular flexibility index (Phi) is 4.46. The molecule has 1 aliphatic rings. The summed E-state index contributed by atoms with van der Waals surface area (Å²) in [4.78, 5) is 0.697. The highest BCUT2D eigenvalue weighted by molar-refractivity contribution is 7.85. The lowest BCUT2D eigenvalue weighted by Gasteiger charge is -2.21. The molecule has 4 heteroatoms. The summed E-state index contributed by atoms with van der Waals surface area (Å²) >= 11 is 5.91. The zero-order valence-electron chi connectivity index (χ0n) is 9.82. The molecule has 0 radical (unpaired) electrons. The Balaban J connectivity index is 2.05. The van der Waals surface area contributed by atoms with Gasteiger partial charge >= 0.3 is 0 Å². The molecule has 0 spiro atoms. The van der Waals surface area contributed by atoms with Gasteiger partial charge in [0.15, 0.2) is 0 Å². The lowest BCUT2D eigenvalue weighted by Crippen LogP contribution is -2.15. The number of hydrogen-bond acceptors (Lipinski definition) is 2. The fraction of sp³-hybridized carbons (Fsp3) is 0.538. The average Bonchev–Trinajstić information content (AvgIpc) is 2.33. The molecule has 2 rings (SSSR count). The molecule has 1 fully saturated rings. The second kappa shape index (κ2) is 5.87. The molecule has 0 amide bonds. The van der Waals surface area contributed by atoms with Gasteiger partial charge in [-0.15, -0.1) is 0 Å². The summed E-state index contributed by atoms with van der Waals surface area (Å²) in [5.74, 6) is 1.31. The van der Waals surface area contributed by atoms with Crippen molar-refractivity contribution in [2.45, 2.75) is 37.0 Å². The summed E-state index contributed by atoms with van der Waals surface area (Å²) in [7, 11) is -1.01. The van der Waals surface area contributed by atoms with Crippen LogP contribution in [0.5, 0.6) is 0 Å². The number of nitrogen functional groups attached to an aromatic ring is 1. The van der Waals surface area contributed by atoms with Gasteiger partial charge in [-0.05, 0) is 37.0 Å². The van der Waals surface area contributed by atoms with Gasteiger partial charge in [-0.25, -0.2) is 0 Å². The number of benzene rings is 1. The summed E-state index contributed by atoms with van der Waals surface area (Å²) in [6.07, 6.45) is 6.26. The molecule has 0 saturated heterocycles. The van der Waals surface area contributed by atoms with E-state index in [9.17, 15) is 4.21 Å². The van der Waals surface area contributed by atoms with Crippen molar-refractivity contribution < 1.29 is 4.21 Å². The number of rotatable bonds is 3. The second-order valence-corrected chi connectivity index (χ2v) is 6.60. The molecule has 1 saturated carbocycles. The minimum Gasteiger partial charge on any atom is -0.398 e. The Hall–Kier alpha value is -0.540. The van der Waals surface area contributed by atoms with Crippen LogP contribution < -0.4 is 5.73 Å². The van der Waals surface area contributed by atoms with Crippen LogP contribution in [0, 0.1) is 5.92 Å². The van der Waals surface area contributed by atoms with Crippen molar-refractivity contribution in [3.63, 3.8) is 0 Å². The van der Waals surface area contributed by atoms with Crippen LogP contribution in [0.1, 0.15) is 32.1 Å². The van der Waals surface area contributed by atoms with Crippen molar-refractivity contribution in [3.8, 4) is 0 Å². The Bertz CT molecular complexity index is 416. The van der Waals surface area contributed by atoms with E-state index in [2.05, 4.69) is 0 Å². The normalized spacial score (nSPS) is 19.1. The van der Waals surface area contributed by atoms with Gasteiger partial charge in [0.2, 0.25) is 0 Å². The van der Waals surface area contributed by atoms with E-state index in [1.54, 1.807) is 18.2 Å². The van der Waals surface area contributed by atoms with Gasteiger partial charge in [0.05, 0.1) is 15.7 Å². The fourth-order valence-electron chi connectivity index (χ4n) is 2.36. The summed E-state index contributed by atoms with van der Waals surface area (Å²) in [6.45, 7) is 0. The molecular formula is C13H18ClNOS. The Morgan fingerprint density at radius 1 is 1.29 bits per heavy atom. The van der Waals surface area contributed by atoms with Crippen molar-refractivity contribution in [1.29, 1.82) is 0 Å². The maximum Gasteiger partial charge on any atom is 0.0632 e. The molecule has 17 heavy (non-hydrogen) atoms. The van der Waals surface area contributed by atoms with Gasteiger partial charge in [-0.3, -0.25) is 4.21 Å². The Labute approximate surface area is 110 Å². The van der Waals surface area contributed by atoms with Crippen LogP contribution in [0.2, 0.25) is 5.02 Å². The van der Waals surface area contributed by atoms with E-state index in [4.69, 9.17) is 17.3 Å². The first kappa shape index (κ1) is 12.9. The zero-order chi connectivity index (χ0) is 12.3. The maximum absolute atomic E-state index is 12.3. The lowest BCUT2D eigenvalue weighted by molar-refractivity contribution is 0.388. The highest BCUT2D eigenvalue weighted by Gasteiger charge is 2.18. The van der Waals surface area contributed by atoms with E-state index >= 15 is 0 Å². The van der Waals surface area contributed by atoms with Crippen LogP contribution in [-0.2, 0) is 10.8 Å². The fourth-order valence-corrected chi connectivity index (χ4v) is 4.13. The summed E-state index contributed by atoms with van der Waals surface area (Å²) in [6, 6.07) is 5.20. The molecule has 94 valence electrons. The van der Waals surface area contributed by atoms with Gasteiger partial charge in [0, 0.05) is 16.5 Å². The van der Waals surface area contributed by atoms with Gasteiger partial charge in [0.25, 0.3) is 0 Å². The van der Waals surface area contributed by atoms with Gasteiger partial charge in [-0.1, -0.05) is 30.9 Å². The molecule has 1 unspecified atom stereocenters. The van der Waals surface area contributed by atoms with Gasteiger partial charge in [0.1, 0.15) is 0 Å². The smallest absolute Gasteiger partial charge is 0.0632 e. The molecule has 0 heterocycles. The summed E-state index contributed by atoms with van der Waals surface area (Å²) < 4.78 is 12.3. The van der Waals surface area contributed by atoms with Crippen LogP contribution >= 0.6 is 11.6 Å². The SMILES string of the molecule is Nc1ccc(Cl)cc1S(=O)CC1CCCCC1. The van der Waals surface area contributed by atoms with Crippen LogP contribution in [0.3, 0.4) is 0 Å². The first-order chi connectivity index (χ1) is 8.16. The van der Waals surface area contributed by atoms with Crippen LogP contribution in [0.25, 0.3) is 0 Å². The van der Waals surface area contributed by atoms with Gasteiger partial charge in [-0.2, -0.15) is 0 Å². The zero-order valence-corrected chi connectivity index (χ0v) is 11.4. The van der Waals surface area contributed by atoms with Crippen LogP contribution in [-0.4, -0.2) is 9.96 Å². The molecule has 1 aromatic rings. The predicted octanol–water partition coefficient (Wildman–Crippen LogP) is 3.61. The number of halogens is 1. The third-order valence-corrected chi connectivity index (χ3v) is 5.19. The van der Waals surface area contributed by atoms with E-state index in [0.29, 0.717) is 21.5 Å². The Morgan fingerprint density at radius 2 is 2.00 bits per heavy atom. The van der Waals surface area contributed by atoms with Crippen molar-refractivity contribution in [3.05, 3.63) is 23.2 Å². The highest BCUT2D eigenvalue weighted by atomic mass is 35.5. The van der Waals surface area contributed by atoms with Crippen LogP contribution in [0.4, 0.5) is 5.69 Å². The van der Waals surface area contributed by atoms with Crippen molar-refractivity contribution in [2.75, 3.05) is 11.5 Å². The number of anilines is 1. The quantitative estimate of drug-likeness (QED) is 0.854. The Morgan fingerprint density at radius 3 is 2.71 bits per heavy atom. The largest absolute Gasteiger partial charge is 0.398 e. The third-order valence-electron chi connectivity index (χ3n) is 3.33. The van der Waals surface area contributed by atoms with Crippen molar-refractivity contribution in [1.82, 2.24) is 0 Å². The topological polar surface area (TPSA) is 43.1 Å². The average molecular weight is 272 g/mol. The maximum atomic E-state index is 12.3. The lowest BCUT2D eigenvalue weighted by atomic mass is 9.91. The molecule has 1 aliphatic carbocycles. The molecular weight excluding hydrogens is 254 g/mol. The van der Waals surface area contributed by atoms with E-state index in [-0.39, 0.29) is 0 Å². The molecule has 2 nitrogen and oxygen atoms in total. The van der Waals surface area contributed by atoms with Crippen LogP contribution in [0.15, 0.2) is 23.1 Å². The minimum atomic E-state index is -1.01. The first-order valence-corrected chi connectivity index (χ1v) is 7.80. The standard InChI is InChI=1S/C13H18ClNOS/c14-11-6-7-12(15)13(8-11)17(16)9-10-4-2-1-3-5-10/h6-8,10H,1-5,9,15H2. The second-order valence-electron chi connectivity index (χ2n) is 4.70. The molecule has 0 aliphatic heterocycles. The summed E-state index contributed by atoms with van der Waals surface area (Å²) in [5, 5.41) is 0.603. The summed E-state index contributed by atoms with van der Waals surface area (Å²) in [5.41, 5.74) is 6.43. The highest BCUT2D eigenvalue weighted by Crippen LogP contribution is 2.28. The molecule has 1 aromatic carbocycles. The van der Waals surface area contributed by atoms with E-state index in [1.165, 1.54) is 32.1 Å². The number of nitrogens with two attached hydrogens (primary N) is 1. The number of hydrogen-bond donors (Lipinski definition) is 1. The van der Waals surface area contributed by atoms with Gasteiger partial charge < -0.3 is 5.73 Å². The molecule has 0 bridgehead atoms. The van der Waals surface area contributed by atoms with E-state index in [0.717, 1.165) is 5.75 Å².